The Bertz CT molecular complexity index is 248. The highest BCUT2D eigenvalue weighted by molar-refractivity contribution is 6.93. The fraction of sp³-hybridized carbons (Fsp3) is 1.00. The molecule has 1 aliphatic rings. The van der Waals surface area contributed by atoms with Gasteiger partial charge in [0.2, 0.25) is 0 Å². The Morgan fingerprint density at radius 2 is 1.00 bits per heavy atom. The van der Waals surface area contributed by atoms with E-state index in [-0.39, 0.29) is 0 Å². The topological polar surface area (TPSA) is 27.7 Å². The molecule has 1 saturated heterocycles. The van der Waals surface area contributed by atoms with Crippen LogP contribution in [-0.2, 0) is 12.3 Å². The molecule has 0 atom stereocenters. The molecule has 0 amide bonds. The van der Waals surface area contributed by atoms with Crippen molar-refractivity contribution in [2.45, 2.75) is 38.3 Å². The predicted molar refractivity (Wildman–Crippen MR) is 56.0 cm³/mol. The van der Waals surface area contributed by atoms with E-state index in [4.69, 9.17) is 12.3 Å². The van der Waals surface area contributed by atoms with Crippen molar-refractivity contribution in [3.63, 3.8) is 0 Å². The van der Waals surface area contributed by atoms with Crippen LogP contribution in [0.5, 0.6) is 0 Å². The van der Waals surface area contributed by atoms with Crippen molar-refractivity contribution in [1.82, 2.24) is 0 Å². The maximum atomic E-state index is 12.8. The van der Waals surface area contributed by atoms with Gasteiger partial charge in [0.05, 0.1) is 0 Å². The molecule has 96 valence electrons. The van der Waals surface area contributed by atoms with Crippen molar-refractivity contribution in [1.29, 1.82) is 0 Å². The number of hydrogen-bond acceptors (Lipinski definition) is 3. The molecule has 1 rings (SSSR count). The molecule has 1 heterocycles. The third kappa shape index (κ3) is 2.73. The van der Waals surface area contributed by atoms with Crippen molar-refractivity contribution >= 4 is 25.7 Å². The predicted octanol–water partition coefficient (Wildman–Crippen LogP) is 2.50. The maximum absolute atomic E-state index is 12.8. The van der Waals surface area contributed by atoms with Crippen LogP contribution in [-0.4, -0.2) is 37.8 Å². The van der Waals surface area contributed by atoms with Gasteiger partial charge in [0.25, 0.3) is 12.1 Å². The van der Waals surface area contributed by atoms with Gasteiger partial charge in [0, 0.05) is 0 Å². The molecule has 0 radical (unpaired) electrons. The molecular formula is C6H14F4O3Si3. The van der Waals surface area contributed by atoms with E-state index in [1.54, 1.807) is 0 Å². The van der Waals surface area contributed by atoms with Gasteiger partial charge in [0.15, 0.2) is 0 Å². The normalized spacial score (nSPS) is 27.4. The molecule has 0 spiro atoms. The van der Waals surface area contributed by atoms with E-state index in [1.165, 1.54) is 26.2 Å². The Morgan fingerprint density at radius 3 is 1.25 bits per heavy atom. The Hall–Kier alpha value is 0.251. The number of alkyl halides is 4. The van der Waals surface area contributed by atoms with Crippen LogP contribution in [0.4, 0.5) is 17.6 Å². The second-order valence-corrected chi connectivity index (χ2v) is 14.8. The molecule has 0 bridgehead atoms. The summed E-state index contributed by atoms with van der Waals surface area (Å²) in [7, 11) is -10.7. The van der Waals surface area contributed by atoms with E-state index in [2.05, 4.69) is 0 Å². The summed E-state index contributed by atoms with van der Waals surface area (Å²) >= 11 is 0. The largest absolute Gasteiger partial charge is 0.460 e. The number of halogens is 4. The minimum atomic E-state index is -4.78. The third-order valence-corrected chi connectivity index (χ3v) is 13.5. The summed E-state index contributed by atoms with van der Waals surface area (Å²) in [5.74, 6) is 0. The zero-order valence-electron chi connectivity index (χ0n) is 9.39. The molecule has 1 aliphatic heterocycles. The summed E-state index contributed by atoms with van der Waals surface area (Å²) < 4.78 is 66.5. The number of rotatable bonds is 2. The molecule has 16 heavy (non-hydrogen) atoms. The van der Waals surface area contributed by atoms with Gasteiger partial charge >= 0.3 is 25.7 Å². The molecule has 0 N–H and O–H groups in total. The molecule has 0 aliphatic carbocycles. The van der Waals surface area contributed by atoms with E-state index in [0.717, 1.165) is 0 Å². The average molecular weight is 294 g/mol. The molecule has 1 fully saturated rings. The van der Waals surface area contributed by atoms with Gasteiger partial charge in [-0.2, -0.15) is 0 Å². The quantitative estimate of drug-likeness (QED) is 0.578. The molecule has 0 saturated carbocycles. The van der Waals surface area contributed by atoms with Crippen molar-refractivity contribution in [3.05, 3.63) is 0 Å². The lowest BCUT2D eigenvalue weighted by Gasteiger charge is -2.47. The summed E-state index contributed by atoms with van der Waals surface area (Å²) in [5.41, 5.74) is 0. The third-order valence-electron chi connectivity index (χ3n) is 1.91. The van der Waals surface area contributed by atoms with Gasteiger partial charge < -0.3 is 12.3 Å². The van der Waals surface area contributed by atoms with Gasteiger partial charge in [-0.3, -0.25) is 0 Å². The first-order chi connectivity index (χ1) is 7.01. The standard InChI is InChI=1S/C6H14F4O3Si3/c1-14(2)11-15(3,4)13-16(12-14,5(7)8)6(9)10/h5-6H,1-4H3. The lowest BCUT2D eigenvalue weighted by Crippen LogP contribution is -2.72. The molecule has 3 nitrogen and oxygen atoms in total. The second kappa shape index (κ2) is 4.17. The lowest BCUT2D eigenvalue weighted by atomic mass is 11.6. The van der Waals surface area contributed by atoms with Crippen LogP contribution in [0.15, 0.2) is 0 Å². The van der Waals surface area contributed by atoms with Crippen LogP contribution < -0.4 is 0 Å². The summed E-state index contributed by atoms with van der Waals surface area (Å²) in [4.78, 5) is 0. The fourth-order valence-corrected chi connectivity index (χ4v) is 15.8. The van der Waals surface area contributed by atoms with Crippen molar-refractivity contribution < 1.29 is 29.9 Å². The van der Waals surface area contributed by atoms with E-state index >= 15 is 0 Å². The van der Waals surface area contributed by atoms with E-state index in [1.807, 2.05) is 0 Å². The minimum Gasteiger partial charge on any atom is -0.416 e. The molecule has 0 unspecified atom stereocenters. The van der Waals surface area contributed by atoms with Crippen LogP contribution in [0.1, 0.15) is 0 Å². The van der Waals surface area contributed by atoms with Gasteiger partial charge in [-0.05, 0) is 26.2 Å². The zero-order valence-corrected chi connectivity index (χ0v) is 12.4. The van der Waals surface area contributed by atoms with Gasteiger partial charge in [-0.15, -0.1) is 0 Å². The summed E-state index contributed by atoms with van der Waals surface area (Å²) in [6.45, 7) is 5.93. The van der Waals surface area contributed by atoms with Gasteiger partial charge in [-0.1, -0.05) is 0 Å². The molecule has 0 aromatic carbocycles. The molecule has 10 heteroatoms. The fourth-order valence-electron chi connectivity index (χ4n) is 1.70. The summed E-state index contributed by atoms with van der Waals surface area (Å²) in [6, 6.07) is -6.54. The average Bonchev–Trinajstić information content (AvgIpc) is 1.96. The van der Waals surface area contributed by atoms with Gasteiger partial charge in [0.1, 0.15) is 0 Å². The monoisotopic (exact) mass is 294 g/mol. The second-order valence-electron chi connectivity index (χ2n) is 4.43. The van der Waals surface area contributed by atoms with Crippen molar-refractivity contribution in [2.75, 3.05) is 0 Å². The van der Waals surface area contributed by atoms with Crippen LogP contribution in [0, 0.1) is 0 Å². The van der Waals surface area contributed by atoms with Crippen LogP contribution in [0.3, 0.4) is 0 Å². The van der Waals surface area contributed by atoms with Crippen LogP contribution >= 0.6 is 0 Å². The highest BCUT2D eigenvalue weighted by Gasteiger charge is 2.66. The summed E-state index contributed by atoms with van der Waals surface area (Å²) in [6.07, 6.45) is 0. The van der Waals surface area contributed by atoms with Gasteiger partial charge in [-0.25, -0.2) is 17.6 Å². The minimum absolute atomic E-state index is 1.48. The van der Waals surface area contributed by atoms with Crippen molar-refractivity contribution in [3.8, 4) is 0 Å². The Balaban J connectivity index is 3.10. The lowest BCUT2D eigenvalue weighted by molar-refractivity contribution is 0.0709. The Morgan fingerprint density at radius 1 is 0.688 bits per heavy atom. The highest BCUT2D eigenvalue weighted by atomic mass is 28.5. The van der Waals surface area contributed by atoms with Crippen LogP contribution in [0.25, 0.3) is 0 Å². The molecule has 0 aromatic heterocycles. The smallest absolute Gasteiger partial charge is 0.416 e. The first-order valence-electron chi connectivity index (χ1n) is 4.67. The Labute approximate surface area is 94.4 Å². The first-order valence-corrected chi connectivity index (χ1v) is 12.3. The number of hydrogen-bond donors (Lipinski definition) is 0. The van der Waals surface area contributed by atoms with Crippen molar-refractivity contribution in [2.24, 2.45) is 0 Å². The van der Waals surface area contributed by atoms with E-state index < -0.39 is 37.8 Å². The Kier molecular flexibility index (Phi) is 3.73. The molecular weight excluding hydrogens is 280 g/mol. The van der Waals surface area contributed by atoms with E-state index in [9.17, 15) is 17.6 Å². The van der Waals surface area contributed by atoms with Crippen LogP contribution in [0.2, 0.25) is 26.2 Å². The SMILES string of the molecule is C[Si]1(C)O[Si](C)(C)O[Si](C(F)F)(C(F)F)O1. The highest BCUT2D eigenvalue weighted by Crippen LogP contribution is 2.37. The zero-order chi connectivity index (χ0) is 12.8. The van der Waals surface area contributed by atoms with E-state index in [0.29, 0.717) is 0 Å². The molecule has 0 aromatic rings. The first kappa shape index (κ1) is 14.3. The summed E-state index contributed by atoms with van der Waals surface area (Å²) in [5, 5.41) is 0. The maximum Gasteiger partial charge on any atom is 0.460 e.